The van der Waals surface area contributed by atoms with Gasteiger partial charge in [0.05, 0.1) is 10.7 Å². The van der Waals surface area contributed by atoms with E-state index in [4.69, 9.17) is 11.6 Å². The monoisotopic (exact) mass is 280 g/mol. The van der Waals surface area contributed by atoms with Gasteiger partial charge in [-0.2, -0.15) is 0 Å². The number of hydrogen-bond donors (Lipinski definition) is 1. The predicted molar refractivity (Wildman–Crippen MR) is 70.5 cm³/mol. The average molecular weight is 281 g/mol. The predicted octanol–water partition coefficient (Wildman–Crippen LogP) is 1.83. The molecule has 0 radical (unpaired) electrons. The molecule has 1 N–H and O–H groups in total. The van der Waals surface area contributed by atoms with Crippen molar-refractivity contribution >= 4 is 29.2 Å². The van der Waals surface area contributed by atoms with E-state index in [9.17, 15) is 14.7 Å². The van der Waals surface area contributed by atoms with Crippen LogP contribution in [0.2, 0.25) is 5.02 Å². The molecule has 0 aliphatic heterocycles. The van der Waals surface area contributed by atoms with Crippen LogP contribution < -0.4 is 10.4 Å². The molecule has 0 saturated heterocycles. The van der Waals surface area contributed by atoms with Crippen LogP contribution >= 0.6 is 11.6 Å². The number of carbonyl (C=O) groups excluding carboxylic acids is 2. The van der Waals surface area contributed by atoms with Gasteiger partial charge in [-0.3, -0.25) is 4.79 Å². The van der Waals surface area contributed by atoms with Crippen LogP contribution in [0.25, 0.3) is 0 Å². The lowest BCUT2D eigenvalue weighted by molar-refractivity contribution is -0.313. The molecule has 102 valence electrons. The van der Waals surface area contributed by atoms with Gasteiger partial charge >= 0.3 is 0 Å². The zero-order chi connectivity index (χ0) is 13.8. The van der Waals surface area contributed by atoms with Crippen LogP contribution in [0, 0.1) is 11.8 Å². The minimum absolute atomic E-state index is 0.290. The van der Waals surface area contributed by atoms with Crippen molar-refractivity contribution in [1.29, 1.82) is 0 Å². The Labute approximate surface area is 116 Å². The summed E-state index contributed by atoms with van der Waals surface area (Å²) in [5.74, 6) is -2.66. The van der Waals surface area contributed by atoms with Crippen LogP contribution in [0.3, 0.4) is 0 Å². The molecule has 1 aliphatic carbocycles. The van der Waals surface area contributed by atoms with Crippen LogP contribution in [0.15, 0.2) is 24.3 Å². The topological polar surface area (TPSA) is 69.2 Å². The number of aliphatic carboxylic acids is 1. The molecule has 1 saturated carbocycles. The second-order valence-corrected chi connectivity index (χ2v) is 5.19. The van der Waals surface area contributed by atoms with Crippen molar-refractivity contribution < 1.29 is 14.7 Å². The van der Waals surface area contributed by atoms with E-state index in [1.165, 1.54) is 0 Å². The first-order chi connectivity index (χ1) is 9.09. The van der Waals surface area contributed by atoms with Gasteiger partial charge in [0.25, 0.3) is 0 Å². The summed E-state index contributed by atoms with van der Waals surface area (Å²) < 4.78 is 0. The number of anilines is 1. The number of rotatable bonds is 3. The fourth-order valence-electron chi connectivity index (χ4n) is 2.51. The Morgan fingerprint density at radius 1 is 1.16 bits per heavy atom. The Bertz CT molecular complexity index is 489. The standard InChI is InChI=1S/C14H16ClNO3/c15-11-7-3-4-8-12(11)16-13(17)9-5-1-2-6-10(9)14(18)19/h3-4,7-10H,1-2,5-6H2,(H,16,17)(H,18,19)/p-1/t9-,10-/m0/s1. The Kier molecular flexibility index (Phi) is 4.43. The summed E-state index contributed by atoms with van der Waals surface area (Å²) in [6, 6.07) is 6.90. The van der Waals surface area contributed by atoms with E-state index in [0.29, 0.717) is 23.6 Å². The number of para-hydroxylation sites is 1. The van der Waals surface area contributed by atoms with Gasteiger partial charge in [-0.15, -0.1) is 0 Å². The number of halogens is 1. The molecule has 1 aromatic rings. The molecule has 19 heavy (non-hydrogen) atoms. The van der Waals surface area contributed by atoms with Gasteiger partial charge in [0.15, 0.2) is 0 Å². The van der Waals surface area contributed by atoms with Crippen LogP contribution in [0.4, 0.5) is 5.69 Å². The number of benzene rings is 1. The maximum Gasteiger partial charge on any atom is 0.228 e. The van der Waals surface area contributed by atoms with E-state index in [1.54, 1.807) is 24.3 Å². The highest BCUT2D eigenvalue weighted by Crippen LogP contribution is 2.31. The Hall–Kier alpha value is -1.55. The maximum absolute atomic E-state index is 12.2. The third-order valence-corrected chi connectivity index (χ3v) is 3.87. The van der Waals surface area contributed by atoms with Crippen LogP contribution in [-0.4, -0.2) is 11.9 Å². The SMILES string of the molecule is O=C([O-])[C@H]1CCCC[C@@H]1C(=O)Nc1ccccc1Cl. The molecule has 1 amide bonds. The summed E-state index contributed by atoms with van der Waals surface area (Å²) in [4.78, 5) is 23.2. The van der Waals surface area contributed by atoms with Gasteiger partial charge in [-0.1, -0.05) is 36.6 Å². The van der Waals surface area contributed by atoms with Gasteiger partial charge in [0, 0.05) is 17.8 Å². The lowest BCUT2D eigenvalue weighted by Gasteiger charge is -2.31. The van der Waals surface area contributed by atoms with E-state index in [0.717, 1.165) is 12.8 Å². The molecule has 0 aromatic heterocycles. The first kappa shape index (κ1) is 13.9. The lowest BCUT2D eigenvalue weighted by atomic mass is 9.78. The minimum atomic E-state index is -1.14. The maximum atomic E-state index is 12.2. The summed E-state index contributed by atoms with van der Waals surface area (Å²) in [6.07, 6.45) is 2.77. The van der Waals surface area contributed by atoms with E-state index < -0.39 is 17.8 Å². The molecule has 1 fully saturated rings. The van der Waals surface area contributed by atoms with Crippen molar-refractivity contribution in [1.82, 2.24) is 0 Å². The van der Waals surface area contributed by atoms with Crippen molar-refractivity contribution in [2.24, 2.45) is 11.8 Å². The van der Waals surface area contributed by atoms with Gasteiger partial charge in [-0.25, -0.2) is 0 Å². The van der Waals surface area contributed by atoms with Crippen LogP contribution in [-0.2, 0) is 9.59 Å². The highest BCUT2D eigenvalue weighted by atomic mass is 35.5. The largest absolute Gasteiger partial charge is 0.550 e. The van der Waals surface area contributed by atoms with Crippen molar-refractivity contribution in [3.8, 4) is 0 Å². The van der Waals surface area contributed by atoms with Gasteiger partial charge in [0.1, 0.15) is 0 Å². The molecular weight excluding hydrogens is 266 g/mol. The second-order valence-electron chi connectivity index (χ2n) is 4.79. The fraction of sp³-hybridized carbons (Fsp3) is 0.429. The smallest absolute Gasteiger partial charge is 0.228 e. The minimum Gasteiger partial charge on any atom is -0.550 e. The first-order valence-electron chi connectivity index (χ1n) is 6.36. The third kappa shape index (κ3) is 3.26. The molecule has 1 aliphatic rings. The summed E-state index contributed by atoms with van der Waals surface area (Å²) in [5, 5.41) is 14.2. The summed E-state index contributed by atoms with van der Waals surface area (Å²) >= 11 is 5.96. The van der Waals surface area contributed by atoms with Crippen molar-refractivity contribution in [2.75, 3.05) is 5.32 Å². The molecular formula is C14H15ClNO3-. The molecule has 0 heterocycles. The van der Waals surface area contributed by atoms with Gasteiger partial charge < -0.3 is 15.2 Å². The van der Waals surface area contributed by atoms with Crippen LogP contribution in [0.5, 0.6) is 0 Å². The third-order valence-electron chi connectivity index (χ3n) is 3.54. The van der Waals surface area contributed by atoms with Crippen molar-refractivity contribution in [3.05, 3.63) is 29.3 Å². The average Bonchev–Trinajstić information content (AvgIpc) is 2.41. The molecule has 4 nitrogen and oxygen atoms in total. The van der Waals surface area contributed by atoms with E-state index in [1.807, 2.05) is 0 Å². The molecule has 0 unspecified atom stereocenters. The number of hydrogen-bond acceptors (Lipinski definition) is 3. The number of carbonyl (C=O) groups is 2. The molecule has 2 atom stereocenters. The summed E-state index contributed by atoms with van der Waals surface area (Å²) in [7, 11) is 0. The zero-order valence-electron chi connectivity index (χ0n) is 10.4. The fourth-order valence-corrected chi connectivity index (χ4v) is 2.70. The quantitative estimate of drug-likeness (QED) is 0.918. The number of amides is 1. The Morgan fingerprint density at radius 2 is 1.79 bits per heavy atom. The lowest BCUT2D eigenvalue weighted by Crippen LogP contribution is -2.42. The van der Waals surface area contributed by atoms with Crippen molar-refractivity contribution in [2.45, 2.75) is 25.7 Å². The van der Waals surface area contributed by atoms with Gasteiger partial charge in [-0.05, 0) is 25.0 Å². The molecule has 5 heteroatoms. The van der Waals surface area contributed by atoms with Crippen LogP contribution in [0.1, 0.15) is 25.7 Å². The van der Waals surface area contributed by atoms with E-state index >= 15 is 0 Å². The van der Waals surface area contributed by atoms with Crippen molar-refractivity contribution in [3.63, 3.8) is 0 Å². The Balaban J connectivity index is 2.10. The molecule has 0 bridgehead atoms. The Morgan fingerprint density at radius 3 is 2.42 bits per heavy atom. The molecule has 1 aromatic carbocycles. The highest BCUT2D eigenvalue weighted by Gasteiger charge is 2.31. The number of nitrogens with one attached hydrogen (secondary N) is 1. The van der Waals surface area contributed by atoms with Gasteiger partial charge in [0.2, 0.25) is 5.91 Å². The summed E-state index contributed by atoms with van der Waals surface area (Å²) in [6.45, 7) is 0. The van der Waals surface area contributed by atoms with E-state index in [-0.39, 0.29) is 5.91 Å². The molecule has 0 spiro atoms. The first-order valence-corrected chi connectivity index (χ1v) is 6.73. The zero-order valence-corrected chi connectivity index (χ0v) is 11.2. The normalized spacial score (nSPS) is 22.8. The van der Waals surface area contributed by atoms with E-state index in [2.05, 4.69) is 5.32 Å². The number of carboxylic acid groups (broad SMARTS) is 1. The summed E-state index contributed by atoms with van der Waals surface area (Å²) in [5.41, 5.74) is 0.511. The second kappa shape index (κ2) is 6.06. The highest BCUT2D eigenvalue weighted by molar-refractivity contribution is 6.33. The molecule has 2 rings (SSSR count). The number of carboxylic acids is 1.